The number of fused-ring (bicyclic) bond motifs is 1. The van der Waals surface area contributed by atoms with E-state index >= 15 is 0 Å². The number of anilines is 2. The second kappa shape index (κ2) is 8.97. The van der Waals surface area contributed by atoms with E-state index in [0.717, 1.165) is 18.4 Å². The summed E-state index contributed by atoms with van der Waals surface area (Å²) >= 11 is 0. The normalized spacial score (nSPS) is 14.4. The van der Waals surface area contributed by atoms with Crippen molar-refractivity contribution in [2.45, 2.75) is 31.6 Å². The lowest BCUT2D eigenvalue weighted by Gasteiger charge is -2.29. The van der Waals surface area contributed by atoms with Gasteiger partial charge in [0.15, 0.2) is 0 Å². The van der Waals surface area contributed by atoms with E-state index < -0.39 is 26.0 Å². The van der Waals surface area contributed by atoms with Crippen LogP contribution in [0.25, 0.3) is 0 Å². The fraction of sp³-hybridized carbons (Fsp3) is 0.381. The van der Waals surface area contributed by atoms with E-state index in [2.05, 4.69) is 5.32 Å². The molecule has 0 unspecified atom stereocenters. The second-order valence-electron chi connectivity index (χ2n) is 7.35. The molecular formula is C21H27N3O5S2. The summed E-state index contributed by atoms with van der Waals surface area (Å²) in [5.74, 6) is -0.409. The van der Waals surface area contributed by atoms with Crippen LogP contribution in [0.2, 0.25) is 0 Å². The van der Waals surface area contributed by atoms with Crippen molar-refractivity contribution in [3.8, 4) is 0 Å². The number of hydrogen-bond acceptors (Lipinski definition) is 5. The van der Waals surface area contributed by atoms with Gasteiger partial charge < -0.3 is 5.32 Å². The van der Waals surface area contributed by atoms with Gasteiger partial charge in [-0.05, 0) is 54.8 Å². The molecular weight excluding hydrogens is 438 g/mol. The summed E-state index contributed by atoms with van der Waals surface area (Å²) in [6.45, 7) is 4.68. The molecule has 31 heavy (non-hydrogen) atoms. The molecule has 8 nitrogen and oxygen atoms in total. The standard InChI is InChI=1S/C21H27N3O5S2/c1-4-23(5-2)31(28,29)19-12-9-17(10-13-19)21(25)22-18-11-8-16-7-6-14-24(20(16)15-18)30(3,26)27/h8-13,15H,4-7,14H2,1-3H3,(H,22,25). The van der Waals surface area contributed by atoms with E-state index in [1.807, 2.05) is 6.07 Å². The summed E-state index contributed by atoms with van der Waals surface area (Å²) in [4.78, 5) is 12.8. The van der Waals surface area contributed by atoms with Crippen molar-refractivity contribution in [3.05, 3.63) is 53.6 Å². The third-order valence-electron chi connectivity index (χ3n) is 5.28. The number of nitrogens with one attached hydrogen (secondary N) is 1. The highest BCUT2D eigenvalue weighted by Gasteiger charge is 2.25. The molecule has 1 aliphatic rings. The van der Waals surface area contributed by atoms with Gasteiger partial charge in [0.05, 0.1) is 16.8 Å². The maximum absolute atomic E-state index is 12.7. The van der Waals surface area contributed by atoms with Crippen molar-refractivity contribution >= 4 is 37.3 Å². The lowest BCUT2D eigenvalue weighted by molar-refractivity contribution is 0.102. The molecule has 0 radical (unpaired) electrons. The first-order valence-electron chi connectivity index (χ1n) is 10.1. The van der Waals surface area contributed by atoms with Crippen LogP contribution in [0.4, 0.5) is 11.4 Å². The van der Waals surface area contributed by atoms with Crippen molar-refractivity contribution in [2.75, 3.05) is 35.5 Å². The zero-order chi connectivity index (χ0) is 22.8. The zero-order valence-electron chi connectivity index (χ0n) is 17.8. The first-order valence-corrected chi connectivity index (χ1v) is 13.4. The molecule has 0 aliphatic carbocycles. The highest BCUT2D eigenvalue weighted by Crippen LogP contribution is 2.32. The van der Waals surface area contributed by atoms with Gasteiger partial charge in [0.2, 0.25) is 20.0 Å². The van der Waals surface area contributed by atoms with E-state index in [-0.39, 0.29) is 4.90 Å². The minimum absolute atomic E-state index is 0.130. The average Bonchev–Trinajstić information content (AvgIpc) is 2.73. The highest BCUT2D eigenvalue weighted by atomic mass is 32.2. The monoisotopic (exact) mass is 465 g/mol. The number of carbonyl (C=O) groups is 1. The predicted octanol–water partition coefficient (Wildman–Crippen LogP) is 2.68. The van der Waals surface area contributed by atoms with Crippen LogP contribution in [0, 0.1) is 0 Å². The number of aryl methyl sites for hydroxylation is 1. The molecule has 0 saturated carbocycles. The maximum atomic E-state index is 12.7. The van der Waals surface area contributed by atoms with Gasteiger partial charge in [0, 0.05) is 30.9 Å². The molecule has 0 atom stereocenters. The Bertz CT molecular complexity index is 1170. The number of rotatable bonds is 7. The smallest absolute Gasteiger partial charge is 0.255 e. The molecule has 1 aliphatic heterocycles. The fourth-order valence-electron chi connectivity index (χ4n) is 3.66. The van der Waals surface area contributed by atoms with Crippen molar-refractivity contribution in [1.82, 2.24) is 4.31 Å². The third-order valence-corrected chi connectivity index (χ3v) is 8.52. The predicted molar refractivity (Wildman–Crippen MR) is 121 cm³/mol. The molecule has 1 amide bonds. The van der Waals surface area contributed by atoms with Crippen molar-refractivity contribution in [3.63, 3.8) is 0 Å². The van der Waals surface area contributed by atoms with E-state index in [0.29, 0.717) is 36.6 Å². The largest absolute Gasteiger partial charge is 0.322 e. The van der Waals surface area contributed by atoms with Crippen LogP contribution in [-0.2, 0) is 26.5 Å². The minimum Gasteiger partial charge on any atom is -0.322 e. The topological polar surface area (TPSA) is 104 Å². The van der Waals surface area contributed by atoms with Crippen molar-refractivity contribution < 1.29 is 21.6 Å². The van der Waals surface area contributed by atoms with Crippen LogP contribution in [-0.4, -0.2) is 52.9 Å². The molecule has 0 bridgehead atoms. The van der Waals surface area contributed by atoms with E-state index in [1.54, 1.807) is 26.0 Å². The lowest BCUT2D eigenvalue weighted by atomic mass is 10.0. The average molecular weight is 466 g/mol. The van der Waals surface area contributed by atoms with Gasteiger partial charge in [0.25, 0.3) is 5.91 Å². The molecule has 1 N–H and O–H groups in total. The Labute approximate surface area is 184 Å². The van der Waals surface area contributed by atoms with Crippen molar-refractivity contribution in [2.24, 2.45) is 0 Å². The molecule has 0 spiro atoms. The fourth-order valence-corrected chi connectivity index (χ4v) is 6.10. The summed E-state index contributed by atoms with van der Waals surface area (Å²) in [5.41, 5.74) is 2.27. The molecule has 2 aromatic rings. The van der Waals surface area contributed by atoms with Crippen LogP contribution < -0.4 is 9.62 Å². The molecule has 0 aromatic heterocycles. The Hall–Kier alpha value is -2.43. The van der Waals surface area contributed by atoms with Gasteiger partial charge in [-0.3, -0.25) is 9.10 Å². The lowest BCUT2D eigenvalue weighted by Crippen LogP contribution is -2.34. The number of sulfonamides is 2. The Morgan fingerprint density at radius 3 is 2.26 bits per heavy atom. The van der Waals surface area contributed by atoms with E-state index in [4.69, 9.17) is 0 Å². The Morgan fingerprint density at radius 1 is 1.03 bits per heavy atom. The van der Waals surface area contributed by atoms with Crippen LogP contribution in [0.5, 0.6) is 0 Å². The zero-order valence-corrected chi connectivity index (χ0v) is 19.5. The second-order valence-corrected chi connectivity index (χ2v) is 11.2. The summed E-state index contributed by atoms with van der Waals surface area (Å²) < 4.78 is 52.1. The van der Waals surface area contributed by atoms with Gasteiger partial charge in [-0.1, -0.05) is 19.9 Å². The van der Waals surface area contributed by atoms with Crippen LogP contribution >= 0.6 is 0 Å². The van der Waals surface area contributed by atoms with Crippen LogP contribution in [0.15, 0.2) is 47.4 Å². The first-order chi connectivity index (χ1) is 14.6. The number of nitrogens with zero attached hydrogens (tertiary/aromatic N) is 2. The van der Waals surface area contributed by atoms with Gasteiger partial charge in [-0.25, -0.2) is 16.8 Å². The number of hydrogen-bond donors (Lipinski definition) is 1. The van der Waals surface area contributed by atoms with Gasteiger partial charge in [-0.2, -0.15) is 4.31 Å². The third kappa shape index (κ3) is 4.91. The van der Waals surface area contributed by atoms with Crippen LogP contribution in [0.3, 0.4) is 0 Å². The number of carbonyl (C=O) groups excluding carboxylic acids is 1. The SMILES string of the molecule is CCN(CC)S(=O)(=O)c1ccc(C(=O)Nc2ccc3c(c2)N(S(C)(=O)=O)CCC3)cc1. The maximum Gasteiger partial charge on any atom is 0.255 e. The summed E-state index contributed by atoms with van der Waals surface area (Å²) in [6, 6.07) is 11.0. The minimum atomic E-state index is -3.59. The summed E-state index contributed by atoms with van der Waals surface area (Å²) in [5, 5.41) is 2.76. The molecule has 10 heteroatoms. The summed E-state index contributed by atoms with van der Waals surface area (Å²) in [7, 11) is -7.00. The summed E-state index contributed by atoms with van der Waals surface area (Å²) in [6.07, 6.45) is 2.69. The van der Waals surface area contributed by atoms with E-state index in [1.165, 1.54) is 39.1 Å². The highest BCUT2D eigenvalue weighted by molar-refractivity contribution is 7.92. The Kier molecular flexibility index (Phi) is 6.73. The molecule has 168 valence electrons. The molecule has 0 saturated heterocycles. The van der Waals surface area contributed by atoms with Gasteiger partial charge in [-0.15, -0.1) is 0 Å². The molecule has 3 rings (SSSR count). The first kappa shape index (κ1) is 23.2. The van der Waals surface area contributed by atoms with Gasteiger partial charge >= 0.3 is 0 Å². The van der Waals surface area contributed by atoms with Crippen LogP contribution in [0.1, 0.15) is 36.2 Å². The van der Waals surface area contributed by atoms with Gasteiger partial charge in [0.1, 0.15) is 0 Å². The molecule has 1 heterocycles. The van der Waals surface area contributed by atoms with Crippen molar-refractivity contribution in [1.29, 1.82) is 0 Å². The number of benzene rings is 2. The molecule has 2 aromatic carbocycles. The van der Waals surface area contributed by atoms with E-state index in [9.17, 15) is 21.6 Å². The Morgan fingerprint density at radius 2 is 1.68 bits per heavy atom. The quantitative estimate of drug-likeness (QED) is 0.677. The molecule has 0 fully saturated rings. The number of amides is 1. The Balaban J connectivity index is 1.81.